The van der Waals surface area contributed by atoms with E-state index in [1.807, 2.05) is 37.3 Å². The summed E-state index contributed by atoms with van der Waals surface area (Å²) in [6, 6.07) is 13.2. The van der Waals surface area contributed by atoms with Crippen LogP contribution in [0.5, 0.6) is 11.5 Å². The SMILES string of the molecule is CCOc1cc(C=CC(=O)C2C(=O)C=C(C)OC2=O)cc(Br)c1OCc1ccccc1. The largest absolute Gasteiger partial charge is 0.490 e. The average molecular weight is 485 g/mol. The van der Waals surface area contributed by atoms with Gasteiger partial charge in [-0.05, 0) is 59.1 Å². The van der Waals surface area contributed by atoms with Crippen LogP contribution in [0.2, 0.25) is 0 Å². The van der Waals surface area contributed by atoms with Crippen molar-refractivity contribution >= 4 is 39.5 Å². The first-order valence-electron chi connectivity index (χ1n) is 9.68. The van der Waals surface area contributed by atoms with Gasteiger partial charge < -0.3 is 14.2 Å². The lowest BCUT2D eigenvalue weighted by atomic mass is 9.96. The maximum Gasteiger partial charge on any atom is 0.329 e. The van der Waals surface area contributed by atoms with Gasteiger partial charge in [0, 0.05) is 6.08 Å². The number of allylic oxidation sites excluding steroid dienone is 3. The minimum absolute atomic E-state index is 0.180. The van der Waals surface area contributed by atoms with Crippen molar-refractivity contribution in [1.82, 2.24) is 0 Å². The third-order valence-electron chi connectivity index (χ3n) is 4.41. The van der Waals surface area contributed by atoms with Gasteiger partial charge in [0.15, 0.2) is 29.0 Å². The molecule has 6 nitrogen and oxygen atoms in total. The lowest BCUT2D eigenvalue weighted by Crippen LogP contribution is -2.34. The van der Waals surface area contributed by atoms with Crippen molar-refractivity contribution in [2.24, 2.45) is 5.92 Å². The monoisotopic (exact) mass is 484 g/mol. The molecule has 1 atom stereocenters. The van der Waals surface area contributed by atoms with E-state index in [4.69, 9.17) is 14.2 Å². The minimum Gasteiger partial charge on any atom is -0.490 e. The van der Waals surface area contributed by atoms with Crippen LogP contribution in [-0.2, 0) is 25.7 Å². The van der Waals surface area contributed by atoms with Gasteiger partial charge >= 0.3 is 5.97 Å². The van der Waals surface area contributed by atoms with E-state index in [0.29, 0.717) is 34.7 Å². The molecular formula is C24H21BrO6. The Morgan fingerprint density at radius 3 is 2.58 bits per heavy atom. The van der Waals surface area contributed by atoms with Crippen LogP contribution in [0.25, 0.3) is 6.08 Å². The Kier molecular flexibility index (Phi) is 7.41. The quantitative estimate of drug-likeness (QED) is 0.308. The van der Waals surface area contributed by atoms with Crippen molar-refractivity contribution < 1.29 is 28.6 Å². The summed E-state index contributed by atoms with van der Waals surface area (Å²) in [4.78, 5) is 36.3. The first-order valence-corrected chi connectivity index (χ1v) is 10.5. The van der Waals surface area contributed by atoms with E-state index in [9.17, 15) is 14.4 Å². The van der Waals surface area contributed by atoms with Gasteiger partial charge in [-0.25, -0.2) is 0 Å². The second kappa shape index (κ2) is 10.2. The highest BCUT2D eigenvalue weighted by Crippen LogP contribution is 2.38. The first-order chi connectivity index (χ1) is 14.9. The highest BCUT2D eigenvalue weighted by Gasteiger charge is 2.36. The Balaban J connectivity index is 1.79. The highest BCUT2D eigenvalue weighted by atomic mass is 79.9. The molecular weight excluding hydrogens is 464 g/mol. The Labute approximate surface area is 188 Å². The zero-order valence-corrected chi connectivity index (χ0v) is 18.7. The van der Waals surface area contributed by atoms with E-state index in [-0.39, 0.29) is 5.76 Å². The van der Waals surface area contributed by atoms with Gasteiger partial charge in [-0.2, -0.15) is 0 Å². The van der Waals surface area contributed by atoms with Crippen LogP contribution in [0.3, 0.4) is 0 Å². The molecule has 0 radical (unpaired) electrons. The molecule has 0 saturated carbocycles. The summed E-state index contributed by atoms with van der Waals surface area (Å²) in [6.45, 7) is 4.14. The van der Waals surface area contributed by atoms with Crippen molar-refractivity contribution in [2.45, 2.75) is 20.5 Å². The van der Waals surface area contributed by atoms with Crippen LogP contribution < -0.4 is 9.47 Å². The molecule has 0 N–H and O–H groups in total. The number of carbonyl (C=O) groups excluding carboxylic acids is 3. The number of ketones is 2. The normalized spacial score (nSPS) is 16.1. The van der Waals surface area contributed by atoms with Gasteiger partial charge in [0.1, 0.15) is 12.4 Å². The molecule has 1 heterocycles. The number of benzene rings is 2. The van der Waals surface area contributed by atoms with E-state index in [1.54, 1.807) is 12.1 Å². The number of hydrogen-bond donors (Lipinski definition) is 0. The number of ether oxygens (including phenoxy) is 3. The number of hydrogen-bond acceptors (Lipinski definition) is 6. The van der Waals surface area contributed by atoms with Crippen LogP contribution in [0.4, 0.5) is 0 Å². The Morgan fingerprint density at radius 1 is 1.16 bits per heavy atom. The van der Waals surface area contributed by atoms with Gasteiger partial charge in [-0.1, -0.05) is 36.4 Å². The van der Waals surface area contributed by atoms with Gasteiger partial charge in [-0.15, -0.1) is 0 Å². The standard InChI is InChI=1S/C24H21BrO6/c1-3-29-21-13-17(9-10-19(26)22-20(27)11-15(2)31-24(22)28)12-18(25)23(21)30-14-16-7-5-4-6-8-16/h4-13,22H,3,14H2,1-2H3. The van der Waals surface area contributed by atoms with Crippen molar-refractivity contribution in [3.8, 4) is 11.5 Å². The molecule has 0 aromatic heterocycles. The Morgan fingerprint density at radius 2 is 1.90 bits per heavy atom. The summed E-state index contributed by atoms with van der Waals surface area (Å²) >= 11 is 3.49. The van der Waals surface area contributed by atoms with Crippen molar-refractivity contribution in [3.05, 3.63) is 76.0 Å². The molecule has 0 spiro atoms. The van der Waals surface area contributed by atoms with E-state index in [1.165, 1.54) is 19.1 Å². The molecule has 0 fully saturated rings. The molecule has 0 saturated heterocycles. The molecule has 0 amide bonds. The highest BCUT2D eigenvalue weighted by molar-refractivity contribution is 9.10. The average Bonchev–Trinajstić information content (AvgIpc) is 2.72. The second-order valence-corrected chi connectivity index (χ2v) is 7.64. The smallest absolute Gasteiger partial charge is 0.329 e. The van der Waals surface area contributed by atoms with Crippen LogP contribution in [0.15, 0.2) is 64.8 Å². The fourth-order valence-corrected chi connectivity index (χ4v) is 3.57. The van der Waals surface area contributed by atoms with E-state index in [0.717, 1.165) is 11.6 Å². The third-order valence-corrected chi connectivity index (χ3v) is 5.00. The summed E-state index contributed by atoms with van der Waals surface area (Å²) < 4.78 is 17.2. The van der Waals surface area contributed by atoms with Crippen molar-refractivity contribution in [3.63, 3.8) is 0 Å². The number of halogens is 1. The van der Waals surface area contributed by atoms with Gasteiger partial charge in [0.25, 0.3) is 0 Å². The maximum atomic E-state index is 12.4. The molecule has 160 valence electrons. The first kappa shape index (κ1) is 22.5. The predicted octanol–water partition coefficient (Wildman–Crippen LogP) is 4.66. The molecule has 2 aromatic rings. The van der Waals surface area contributed by atoms with Crippen LogP contribution >= 0.6 is 15.9 Å². The second-order valence-electron chi connectivity index (χ2n) is 6.78. The molecule has 1 unspecified atom stereocenters. The summed E-state index contributed by atoms with van der Waals surface area (Å²) in [7, 11) is 0. The van der Waals surface area contributed by atoms with Crippen molar-refractivity contribution in [1.29, 1.82) is 0 Å². The van der Waals surface area contributed by atoms with Gasteiger partial charge in [0.05, 0.1) is 11.1 Å². The van der Waals surface area contributed by atoms with E-state index in [2.05, 4.69) is 15.9 Å². The summed E-state index contributed by atoms with van der Waals surface area (Å²) in [5, 5.41) is 0. The van der Waals surface area contributed by atoms with Gasteiger partial charge in [-0.3, -0.25) is 14.4 Å². The fourth-order valence-electron chi connectivity index (χ4n) is 2.99. The molecule has 7 heteroatoms. The molecule has 3 rings (SSSR count). The van der Waals surface area contributed by atoms with E-state index >= 15 is 0 Å². The van der Waals surface area contributed by atoms with Gasteiger partial charge in [0.2, 0.25) is 0 Å². The summed E-state index contributed by atoms with van der Waals surface area (Å²) in [6.07, 6.45) is 3.86. The van der Waals surface area contributed by atoms with Crippen molar-refractivity contribution in [2.75, 3.05) is 6.61 Å². The zero-order chi connectivity index (χ0) is 22.4. The zero-order valence-electron chi connectivity index (χ0n) is 17.1. The third kappa shape index (κ3) is 5.70. The number of carbonyl (C=O) groups is 3. The topological polar surface area (TPSA) is 78.9 Å². The number of cyclic esters (lactones) is 1. The molecule has 1 aliphatic heterocycles. The Bertz CT molecular complexity index is 1060. The lowest BCUT2D eigenvalue weighted by Gasteiger charge is -2.16. The lowest BCUT2D eigenvalue weighted by molar-refractivity contribution is -0.151. The number of rotatable bonds is 8. The van der Waals surface area contributed by atoms with Crippen LogP contribution in [0.1, 0.15) is 25.0 Å². The Hall–Kier alpha value is -3.19. The summed E-state index contributed by atoms with van der Waals surface area (Å²) in [5.74, 6) is -2.32. The minimum atomic E-state index is -1.47. The summed E-state index contributed by atoms with van der Waals surface area (Å²) in [5.41, 5.74) is 1.65. The predicted molar refractivity (Wildman–Crippen MR) is 118 cm³/mol. The molecule has 2 aromatic carbocycles. The molecule has 31 heavy (non-hydrogen) atoms. The van der Waals surface area contributed by atoms with E-state index < -0.39 is 23.5 Å². The fraction of sp³-hybridized carbons (Fsp3) is 0.208. The number of esters is 1. The molecule has 0 aliphatic carbocycles. The van der Waals surface area contributed by atoms with Crippen LogP contribution in [-0.4, -0.2) is 24.1 Å². The van der Waals surface area contributed by atoms with Crippen LogP contribution in [0, 0.1) is 5.92 Å². The molecule has 1 aliphatic rings. The molecule has 0 bridgehead atoms. The maximum absolute atomic E-state index is 12.4.